The van der Waals surface area contributed by atoms with Gasteiger partial charge in [-0.3, -0.25) is 9.59 Å². The van der Waals surface area contributed by atoms with Crippen LogP contribution >= 0.6 is 0 Å². The van der Waals surface area contributed by atoms with Gasteiger partial charge in [0.2, 0.25) is 11.8 Å². The number of hydrogen-bond donors (Lipinski definition) is 3. The molecule has 3 amide bonds. The van der Waals surface area contributed by atoms with Crippen molar-refractivity contribution in [3.8, 4) is 0 Å². The highest BCUT2D eigenvalue weighted by atomic mass is 19.1. The highest BCUT2D eigenvalue weighted by Crippen LogP contribution is 2.10. The Labute approximate surface area is 175 Å². The average Bonchev–Trinajstić information content (AvgIpc) is 2.64. The molecule has 2 aromatic rings. The van der Waals surface area contributed by atoms with Crippen LogP contribution in [0.3, 0.4) is 0 Å². The van der Waals surface area contributed by atoms with Gasteiger partial charge in [0, 0.05) is 12.2 Å². The molecule has 0 aromatic heterocycles. The van der Waals surface area contributed by atoms with E-state index < -0.39 is 17.6 Å². The number of hydrogen-bond acceptors (Lipinski definition) is 4. The molecular weight excluding hydrogens is 389 g/mol. The van der Waals surface area contributed by atoms with Gasteiger partial charge in [-0.15, -0.1) is 0 Å². The second-order valence-electron chi connectivity index (χ2n) is 7.68. The molecule has 0 bridgehead atoms. The van der Waals surface area contributed by atoms with E-state index in [1.165, 1.54) is 12.1 Å². The lowest BCUT2D eigenvalue weighted by Gasteiger charge is -2.19. The van der Waals surface area contributed by atoms with Gasteiger partial charge in [-0.2, -0.15) is 0 Å². The Morgan fingerprint density at radius 3 is 2.27 bits per heavy atom. The molecule has 2 aromatic carbocycles. The molecule has 0 heterocycles. The van der Waals surface area contributed by atoms with E-state index in [1.54, 1.807) is 57.2 Å². The van der Waals surface area contributed by atoms with E-state index in [2.05, 4.69) is 16.0 Å². The van der Waals surface area contributed by atoms with Gasteiger partial charge in [-0.05, 0) is 56.2 Å². The molecule has 0 aliphatic heterocycles. The van der Waals surface area contributed by atoms with E-state index in [1.807, 2.05) is 0 Å². The average molecular weight is 415 g/mol. The molecule has 3 N–H and O–H groups in total. The number of alkyl carbamates (subject to hydrolysis) is 1. The second kappa shape index (κ2) is 10.4. The van der Waals surface area contributed by atoms with Crippen molar-refractivity contribution in [2.24, 2.45) is 0 Å². The Balaban J connectivity index is 1.74. The van der Waals surface area contributed by atoms with E-state index in [0.717, 1.165) is 5.56 Å². The molecule has 0 atom stereocenters. The molecule has 0 unspecified atom stereocenters. The number of halogens is 1. The Bertz CT molecular complexity index is 892. The summed E-state index contributed by atoms with van der Waals surface area (Å²) in [6.45, 7) is 5.30. The summed E-state index contributed by atoms with van der Waals surface area (Å²) in [7, 11) is 0. The maximum atomic E-state index is 13.2. The third-order valence-electron chi connectivity index (χ3n) is 3.77. The van der Waals surface area contributed by atoms with Crippen LogP contribution < -0.4 is 16.0 Å². The molecule has 160 valence electrons. The van der Waals surface area contributed by atoms with Gasteiger partial charge in [0.05, 0.1) is 6.42 Å². The quantitative estimate of drug-likeness (QED) is 0.647. The number of amides is 3. The molecule has 0 saturated carbocycles. The fourth-order valence-corrected chi connectivity index (χ4v) is 2.47. The number of carbonyl (C=O) groups excluding carboxylic acids is 3. The number of anilines is 1. The Kier molecular flexibility index (Phi) is 7.91. The van der Waals surface area contributed by atoms with Gasteiger partial charge in [0.25, 0.3) is 0 Å². The summed E-state index contributed by atoms with van der Waals surface area (Å²) < 4.78 is 18.2. The largest absolute Gasteiger partial charge is 0.444 e. The molecule has 0 spiro atoms. The first-order valence-corrected chi connectivity index (χ1v) is 9.47. The minimum Gasteiger partial charge on any atom is -0.444 e. The van der Waals surface area contributed by atoms with Crippen molar-refractivity contribution in [3.63, 3.8) is 0 Å². The maximum absolute atomic E-state index is 13.2. The molecule has 2 rings (SSSR count). The first kappa shape index (κ1) is 22.9. The minimum atomic E-state index is -0.665. The summed E-state index contributed by atoms with van der Waals surface area (Å²) in [6.07, 6.45) is -0.571. The topological polar surface area (TPSA) is 96.5 Å². The van der Waals surface area contributed by atoms with Gasteiger partial charge < -0.3 is 20.7 Å². The standard InChI is InChI=1S/C22H26FN3O4/c1-22(2,3)30-21(29)25-14-20(28)26-18-9-7-15(8-10-18)13-24-19(27)12-16-5-4-6-17(23)11-16/h4-11H,12-14H2,1-3H3,(H,24,27)(H,25,29)(H,26,28). The summed E-state index contributed by atoms with van der Waals surface area (Å²) in [5, 5.41) is 7.81. The molecule has 0 fully saturated rings. The van der Waals surface area contributed by atoms with Crippen LogP contribution in [0, 0.1) is 5.82 Å². The van der Waals surface area contributed by atoms with Crippen LogP contribution in [0.4, 0.5) is 14.9 Å². The maximum Gasteiger partial charge on any atom is 0.408 e. The molecule has 0 radical (unpaired) electrons. The van der Waals surface area contributed by atoms with Crippen molar-refractivity contribution in [2.45, 2.75) is 39.3 Å². The monoisotopic (exact) mass is 415 g/mol. The van der Waals surface area contributed by atoms with Crippen molar-refractivity contribution in [1.82, 2.24) is 10.6 Å². The third-order valence-corrected chi connectivity index (χ3v) is 3.77. The Morgan fingerprint density at radius 2 is 1.63 bits per heavy atom. The first-order chi connectivity index (χ1) is 14.1. The number of nitrogens with one attached hydrogen (secondary N) is 3. The van der Waals surface area contributed by atoms with Crippen molar-refractivity contribution in [2.75, 3.05) is 11.9 Å². The number of rotatable bonds is 7. The summed E-state index contributed by atoms with van der Waals surface area (Å²) in [5.74, 6) is -0.984. The van der Waals surface area contributed by atoms with Crippen LogP contribution in [0.15, 0.2) is 48.5 Å². The van der Waals surface area contributed by atoms with Crippen LogP contribution in [0.25, 0.3) is 0 Å². The molecular formula is C22H26FN3O4. The summed E-state index contributed by atoms with van der Waals surface area (Å²) >= 11 is 0. The highest BCUT2D eigenvalue weighted by molar-refractivity contribution is 5.93. The molecule has 0 saturated heterocycles. The van der Waals surface area contributed by atoms with Crippen molar-refractivity contribution >= 4 is 23.6 Å². The van der Waals surface area contributed by atoms with Gasteiger partial charge >= 0.3 is 6.09 Å². The van der Waals surface area contributed by atoms with Crippen molar-refractivity contribution < 1.29 is 23.5 Å². The van der Waals surface area contributed by atoms with Gasteiger partial charge in [0.1, 0.15) is 18.0 Å². The molecule has 7 nitrogen and oxygen atoms in total. The third kappa shape index (κ3) is 8.72. The summed E-state index contributed by atoms with van der Waals surface area (Å²) in [6, 6.07) is 12.8. The van der Waals surface area contributed by atoms with E-state index in [0.29, 0.717) is 17.8 Å². The van der Waals surface area contributed by atoms with Crippen molar-refractivity contribution in [1.29, 1.82) is 0 Å². The molecule has 0 aliphatic rings. The van der Waals surface area contributed by atoms with Gasteiger partial charge in [-0.25, -0.2) is 9.18 Å². The molecule has 0 aliphatic carbocycles. The van der Waals surface area contributed by atoms with Crippen LogP contribution in [0.1, 0.15) is 31.9 Å². The smallest absolute Gasteiger partial charge is 0.408 e. The van der Waals surface area contributed by atoms with Crippen molar-refractivity contribution in [3.05, 3.63) is 65.5 Å². The highest BCUT2D eigenvalue weighted by Gasteiger charge is 2.16. The lowest BCUT2D eigenvalue weighted by molar-refractivity contribution is -0.120. The number of benzene rings is 2. The van der Waals surface area contributed by atoms with Gasteiger partial charge in [-0.1, -0.05) is 24.3 Å². The lowest BCUT2D eigenvalue weighted by Crippen LogP contribution is -2.37. The second-order valence-corrected chi connectivity index (χ2v) is 7.68. The normalized spacial score (nSPS) is 10.8. The van der Waals surface area contributed by atoms with Crippen LogP contribution in [0.2, 0.25) is 0 Å². The lowest BCUT2D eigenvalue weighted by atomic mass is 10.1. The van der Waals surface area contributed by atoms with Gasteiger partial charge in [0.15, 0.2) is 0 Å². The Hall–Kier alpha value is -3.42. The number of ether oxygens (including phenoxy) is 1. The SMILES string of the molecule is CC(C)(C)OC(=O)NCC(=O)Nc1ccc(CNC(=O)Cc2cccc(F)c2)cc1. The first-order valence-electron chi connectivity index (χ1n) is 9.47. The fraction of sp³-hybridized carbons (Fsp3) is 0.318. The van der Waals surface area contributed by atoms with Crippen LogP contribution in [-0.2, 0) is 27.3 Å². The summed E-state index contributed by atoms with van der Waals surface area (Å²) in [4.78, 5) is 35.5. The zero-order valence-electron chi connectivity index (χ0n) is 17.3. The Morgan fingerprint density at radius 1 is 0.933 bits per heavy atom. The number of carbonyl (C=O) groups is 3. The predicted molar refractivity (Wildman–Crippen MR) is 111 cm³/mol. The van der Waals surface area contributed by atoms with E-state index in [4.69, 9.17) is 4.74 Å². The zero-order chi connectivity index (χ0) is 22.1. The van der Waals surface area contributed by atoms with E-state index >= 15 is 0 Å². The predicted octanol–water partition coefficient (Wildman–Crippen LogP) is 3.15. The molecule has 8 heteroatoms. The van der Waals surface area contributed by atoms with E-state index in [9.17, 15) is 18.8 Å². The van der Waals surface area contributed by atoms with E-state index in [-0.39, 0.29) is 24.7 Å². The fourth-order valence-electron chi connectivity index (χ4n) is 2.47. The van der Waals surface area contributed by atoms with Crippen LogP contribution in [0.5, 0.6) is 0 Å². The molecule has 30 heavy (non-hydrogen) atoms. The zero-order valence-corrected chi connectivity index (χ0v) is 17.3. The summed E-state index contributed by atoms with van der Waals surface area (Å²) in [5.41, 5.74) is 1.36. The minimum absolute atomic E-state index is 0.0938. The van der Waals surface area contributed by atoms with Crippen LogP contribution in [-0.4, -0.2) is 30.1 Å².